The van der Waals surface area contributed by atoms with E-state index in [1.54, 1.807) is 0 Å². The lowest BCUT2D eigenvalue weighted by Gasteiger charge is -2.20. The van der Waals surface area contributed by atoms with Gasteiger partial charge in [-0.15, -0.1) is 0 Å². The molecule has 0 atom stereocenters. The fourth-order valence-corrected chi connectivity index (χ4v) is 1.11. The maximum Gasteiger partial charge on any atom is 0.270 e. The second kappa shape index (κ2) is 3.76. The first-order valence-electron chi connectivity index (χ1n) is 3.95. The Balaban J connectivity index is 3.22. The smallest absolute Gasteiger partial charge is 0.270 e. The minimum Gasteiger partial charge on any atom is -0.298 e. The summed E-state index contributed by atoms with van der Waals surface area (Å²) in [6.45, 7) is 9.23. The van der Waals surface area contributed by atoms with Gasteiger partial charge < -0.3 is 0 Å². The summed E-state index contributed by atoms with van der Waals surface area (Å²) in [6.07, 6.45) is 5.20. The Bertz CT molecular complexity index is 324. The van der Waals surface area contributed by atoms with Gasteiger partial charge in [-0.1, -0.05) is 31.4 Å². The molecule has 2 N–H and O–H groups in total. The van der Waals surface area contributed by atoms with Crippen molar-refractivity contribution < 1.29 is 4.79 Å². The largest absolute Gasteiger partial charge is 0.298 e. The Morgan fingerprint density at radius 1 is 1.31 bits per heavy atom. The first kappa shape index (κ1) is 9.32. The van der Waals surface area contributed by atoms with Crippen LogP contribution in [0.3, 0.4) is 0 Å². The Hall–Kier alpha value is -1.77. The molecule has 1 rings (SSSR count). The summed E-state index contributed by atoms with van der Waals surface area (Å²) < 4.78 is 0. The summed E-state index contributed by atoms with van der Waals surface area (Å²) in [5.74, 6) is -0.185. The molecular weight excluding hydrogens is 164 g/mol. The Labute approximate surface area is 77.5 Å². The van der Waals surface area contributed by atoms with Gasteiger partial charge >= 0.3 is 0 Å². The monoisotopic (exact) mass is 176 g/mol. The molecule has 0 saturated carbocycles. The van der Waals surface area contributed by atoms with Crippen molar-refractivity contribution in [3.8, 4) is 0 Å². The van der Waals surface area contributed by atoms with Crippen molar-refractivity contribution in [2.75, 3.05) is 0 Å². The molecular formula is C10H12N2O. The molecule has 1 amide bonds. The number of hydrazine groups is 1. The third-order valence-corrected chi connectivity index (χ3v) is 1.72. The minimum absolute atomic E-state index is 0.185. The van der Waals surface area contributed by atoms with E-state index < -0.39 is 0 Å². The summed E-state index contributed by atoms with van der Waals surface area (Å²) >= 11 is 0. The zero-order valence-electron chi connectivity index (χ0n) is 7.55. The normalized spacial score (nSPS) is 17.3. The maximum atomic E-state index is 11.3. The first-order valence-corrected chi connectivity index (χ1v) is 3.95. The van der Waals surface area contributed by atoms with Crippen molar-refractivity contribution in [1.82, 2.24) is 10.9 Å². The van der Waals surface area contributed by atoms with Crippen LogP contribution in [0.1, 0.15) is 6.92 Å². The van der Waals surface area contributed by atoms with Gasteiger partial charge in [0, 0.05) is 11.1 Å². The van der Waals surface area contributed by atoms with Crippen LogP contribution in [0.5, 0.6) is 0 Å². The van der Waals surface area contributed by atoms with Crippen LogP contribution in [0.15, 0.2) is 48.2 Å². The second-order valence-corrected chi connectivity index (χ2v) is 2.59. The SMILES string of the molecule is C=CC1=C(/C=C\C)C(=C)NNC1=O. The van der Waals surface area contributed by atoms with Crippen LogP contribution in [-0.4, -0.2) is 5.91 Å². The second-order valence-electron chi connectivity index (χ2n) is 2.59. The van der Waals surface area contributed by atoms with E-state index in [-0.39, 0.29) is 5.91 Å². The van der Waals surface area contributed by atoms with Gasteiger partial charge in [-0.2, -0.15) is 0 Å². The Kier molecular flexibility index (Phi) is 2.69. The van der Waals surface area contributed by atoms with E-state index in [0.717, 1.165) is 5.57 Å². The van der Waals surface area contributed by atoms with Crippen molar-refractivity contribution >= 4 is 5.91 Å². The number of rotatable bonds is 2. The van der Waals surface area contributed by atoms with Crippen LogP contribution < -0.4 is 10.9 Å². The highest BCUT2D eigenvalue weighted by Gasteiger charge is 2.17. The highest BCUT2D eigenvalue weighted by molar-refractivity contribution is 5.99. The summed E-state index contributed by atoms with van der Waals surface area (Å²) in [5, 5.41) is 0. The lowest BCUT2D eigenvalue weighted by molar-refractivity contribution is -0.118. The fourth-order valence-electron chi connectivity index (χ4n) is 1.11. The first-order chi connectivity index (χ1) is 6.20. The predicted octanol–water partition coefficient (Wildman–Crippen LogP) is 1.19. The van der Waals surface area contributed by atoms with Crippen molar-refractivity contribution in [2.24, 2.45) is 0 Å². The van der Waals surface area contributed by atoms with Gasteiger partial charge in [0.25, 0.3) is 5.91 Å². The van der Waals surface area contributed by atoms with Gasteiger partial charge in [0.15, 0.2) is 0 Å². The number of allylic oxidation sites excluding steroid dienone is 2. The van der Waals surface area contributed by atoms with Crippen LogP contribution in [0.4, 0.5) is 0 Å². The number of hydrogen-bond acceptors (Lipinski definition) is 2. The molecule has 13 heavy (non-hydrogen) atoms. The van der Waals surface area contributed by atoms with E-state index >= 15 is 0 Å². The molecule has 1 aliphatic heterocycles. The molecule has 0 aromatic carbocycles. The lowest BCUT2D eigenvalue weighted by atomic mass is 10.0. The number of amides is 1. The summed E-state index contributed by atoms with van der Waals surface area (Å²) in [7, 11) is 0. The highest BCUT2D eigenvalue weighted by atomic mass is 16.2. The maximum absolute atomic E-state index is 11.3. The van der Waals surface area contributed by atoms with E-state index in [1.807, 2.05) is 19.1 Å². The third-order valence-electron chi connectivity index (χ3n) is 1.72. The molecule has 3 heteroatoms. The molecule has 0 fully saturated rings. The van der Waals surface area contributed by atoms with Crippen molar-refractivity contribution in [2.45, 2.75) is 6.92 Å². The van der Waals surface area contributed by atoms with Gasteiger partial charge in [0.1, 0.15) is 0 Å². The van der Waals surface area contributed by atoms with E-state index in [1.165, 1.54) is 6.08 Å². The van der Waals surface area contributed by atoms with Gasteiger partial charge in [-0.3, -0.25) is 15.6 Å². The van der Waals surface area contributed by atoms with Crippen molar-refractivity contribution in [3.05, 3.63) is 48.2 Å². The molecule has 0 aliphatic carbocycles. The van der Waals surface area contributed by atoms with Crippen molar-refractivity contribution in [1.29, 1.82) is 0 Å². The highest BCUT2D eigenvalue weighted by Crippen LogP contribution is 2.16. The molecule has 3 nitrogen and oxygen atoms in total. The van der Waals surface area contributed by atoms with Gasteiger partial charge in [0.05, 0.1) is 5.70 Å². The Morgan fingerprint density at radius 2 is 2.00 bits per heavy atom. The van der Waals surface area contributed by atoms with Crippen LogP contribution in [0.25, 0.3) is 0 Å². The fraction of sp³-hybridized carbons (Fsp3) is 0.100. The van der Waals surface area contributed by atoms with Crippen LogP contribution >= 0.6 is 0 Å². The predicted molar refractivity (Wildman–Crippen MR) is 52.5 cm³/mol. The average Bonchev–Trinajstić information content (AvgIpc) is 2.12. The molecule has 0 radical (unpaired) electrons. The third kappa shape index (κ3) is 1.69. The molecule has 1 aliphatic rings. The zero-order valence-corrected chi connectivity index (χ0v) is 7.55. The molecule has 0 saturated heterocycles. The van der Waals surface area contributed by atoms with E-state index in [2.05, 4.69) is 24.0 Å². The topological polar surface area (TPSA) is 41.1 Å². The van der Waals surface area contributed by atoms with Crippen LogP contribution in [0, 0.1) is 0 Å². The molecule has 0 aromatic heterocycles. The zero-order chi connectivity index (χ0) is 9.84. The van der Waals surface area contributed by atoms with Crippen molar-refractivity contribution in [3.63, 3.8) is 0 Å². The average molecular weight is 176 g/mol. The van der Waals surface area contributed by atoms with E-state index in [4.69, 9.17) is 0 Å². The lowest BCUT2D eigenvalue weighted by Crippen LogP contribution is -2.41. The summed E-state index contributed by atoms with van der Waals surface area (Å²) in [5.41, 5.74) is 7.15. The molecule has 0 aromatic rings. The molecule has 0 unspecified atom stereocenters. The molecule has 68 valence electrons. The number of nitrogens with one attached hydrogen (secondary N) is 2. The summed E-state index contributed by atoms with van der Waals surface area (Å²) in [4.78, 5) is 11.3. The number of hydrogen-bond donors (Lipinski definition) is 2. The quantitative estimate of drug-likeness (QED) is 0.663. The van der Waals surface area contributed by atoms with Crippen LogP contribution in [-0.2, 0) is 4.79 Å². The van der Waals surface area contributed by atoms with Gasteiger partial charge in [-0.05, 0) is 6.92 Å². The van der Waals surface area contributed by atoms with Gasteiger partial charge in [0.2, 0.25) is 0 Å². The molecule has 1 heterocycles. The Morgan fingerprint density at radius 3 is 2.54 bits per heavy atom. The van der Waals surface area contributed by atoms with E-state index in [9.17, 15) is 4.79 Å². The van der Waals surface area contributed by atoms with Gasteiger partial charge in [-0.25, -0.2) is 0 Å². The van der Waals surface area contributed by atoms with E-state index in [0.29, 0.717) is 11.3 Å². The molecule has 0 spiro atoms. The molecule has 0 bridgehead atoms. The van der Waals surface area contributed by atoms with Crippen LogP contribution in [0.2, 0.25) is 0 Å². The summed E-state index contributed by atoms with van der Waals surface area (Å²) in [6, 6.07) is 0. The minimum atomic E-state index is -0.185. The number of carbonyl (C=O) groups excluding carboxylic acids is 1. The standard InChI is InChI=1S/C10H12N2O/c1-4-6-9-7(3)11-12-10(13)8(9)5-2/h4-6,11H,2-3H2,1H3,(H,12,13)/b6-4-. The number of carbonyl (C=O) groups is 1.